The first-order chi connectivity index (χ1) is 10.1. The third kappa shape index (κ3) is 2.33. The molecule has 2 aromatic heterocycles. The number of alkyl halides is 2. The summed E-state index contributed by atoms with van der Waals surface area (Å²) < 4.78 is 39.1. The summed E-state index contributed by atoms with van der Waals surface area (Å²) >= 11 is 0. The molecular formula is C12H9F3N6. The van der Waals surface area contributed by atoms with Crippen molar-refractivity contribution in [3.8, 4) is 0 Å². The molecule has 108 valence electrons. The van der Waals surface area contributed by atoms with E-state index in [0.717, 1.165) is 6.07 Å². The lowest BCUT2D eigenvalue weighted by Crippen LogP contribution is -2.01. The summed E-state index contributed by atoms with van der Waals surface area (Å²) in [6, 6.07) is 3.65. The Kier molecular flexibility index (Phi) is 3.09. The van der Waals surface area contributed by atoms with Gasteiger partial charge in [-0.05, 0) is 6.07 Å². The number of nitrogens with one attached hydrogen (secondary N) is 2. The number of aromatic amines is 1. The lowest BCUT2D eigenvalue weighted by molar-refractivity contribution is 0.146. The van der Waals surface area contributed by atoms with Gasteiger partial charge in [0, 0.05) is 6.20 Å². The minimum atomic E-state index is -2.90. The van der Waals surface area contributed by atoms with Crippen molar-refractivity contribution in [3.05, 3.63) is 35.8 Å². The van der Waals surface area contributed by atoms with Crippen molar-refractivity contribution in [2.75, 3.05) is 11.1 Å². The Balaban J connectivity index is 1.96. The summed E-state index contributed by atoms with van der Waals surface area (Å²) in [6.45, 7) is 0. The predicted octanol–water partition coefficient (Wildman–Crippen LogP) is 2.76. The Hall–Kier alpha value is -2.84. The Morgan fingerprint density at radius 1 is 1.29 bits per heavy atom. The number of nitrogens with two attached hydrogens (primary N) is 1. The normalized spacial score (nSPS) is 11.2. The third-order valence-electron chi connectivity index (χ3n) is 2.85. The minimum Gasteiger partial charge on any atom is -0.383 e. The lowest BCUT2D eigenvalue weighted by Gasteiger charge is -2.08. The van der Waals surface area contributed by atoms with E-state index in [1.165, 1.54) is 18.3 Å². The largest absolute Gasteiger partial charge is 0.383 e. The number of H-pyrrole nitrogens is 1. The van der Waals surface area contributed by atoms with Gasteiger partial charge in [0.2, 0.25) is 5.95 Å². The molecule has 0 radical (unpaired) electrons. The fourth-order valence-corrected chi connectivity index (χ4v) is 1.82. The van der Waals surface area contributed by atoms with Gasteiger partial charge in [-0.3, -0.25) is 5.10 Å². The molecule has 0 unspecified atom stereocenters. The zero-order chi connectivity index (χ0) is 15.0. The van der Waals surface area contributed by atoms with Crippen molar-refractivity contribution in [2.24, 2.45) is 0 Å². The first-order valence-electron chi connectivity index (χ1n) is 5.86. The van der Waals surface area contributed by atoms with Gasteiger partial charge in [-0.2, -0.15) is 10.1 Å². The number of halogens is 3. The molecule has 9 heteroatoms. The smallest absolute Gasteiger partial charge is 0.266 e. The van der Waals surface area contributed by atoms with Crippen LogP contribution in [-0.4, -0.2) is 20.2 Å². The zero-order valence-electron chi connectivity index (χ0n) is 10.4. The number of nitrogen functional groups attached to an aromatic ring is 1. The second kappa shape index (κ2) is 4.93. The van der Waals surface area contributed by atoms with E-state index >= 15 is 0 Å². The Labute approximate surface area is 116 Å². The third-order valence-corrected chi connectivity index (χ3v) is 2.85. The number of hydrogen-bond acceptors (Lipinski definition) is 5. The zero-order valence-corrected chi connectivity index (χ0v) is 10.4. The Morgan fingerprint density at radius 3 is 2.86 bits per heavy atom. The van der Waals surface area contributed by atoms with Crippen LogP contribution in [0.1, 0.15) is 12.0 Å². The van der Waals surface area contributed by atoms with Crippen LogP contribution in [0, 0.1) is 5.82 Å². The molecular weight excluding hydrogens is 285 g/mol. The molecule has 0 amide bonds. The van der Waals surface area contributed by atoms with E-state index in [1.54, 1.807) is 0 Å². The number of hydrogen-bond donors (Lipinski definition) is 3. The molecule has 21 heavy (non-hydrogen) atoms. The summed E-state index contributed by atoms with van der Waals surface area (Å²) in [5.74, 6) is -0.709. The fraction of sp³-hybridized carbons (Fsp3) is 0.0833. The summed E-state index contributed by atoms with van der Waals surface area (Å²) in [5.41, 5.74) is 5.05. The van der Waals surface area contributed by atoms with Crippen molar-refractivity contribution in [2.45, 2.75) is 6.43 Å². The maximum atomic E-state index is 13.9. The highest BCUT2D eigenvalue weighted by Crippen LogP contribution is 2.28. The van der Waals surface area contributed by atoms with Crippen LogP contribution in [-0.2, 0) is 0 Å². The summed E-state index contributed by atoms with van der Waals surface area (Å²) in [5, 5.41) is 9.42. The van der Waals surface area contributed by atoms with Crippen LogP contribution < -0.4 is 11.1 Å². The summed E-state index contributed by atoms with van der Waals surface area (Å²) in [7, 11) is 0. The van der Waals surface area contributed by atoms with Gasteiger partial charge >= 0.3 is 0 Å². The molecule has 0 aliphatic rings. The second-order valence-corrected chi connectivity index (χ2v) is 4.20. The lowest BCUT2D eigenvalue weighted by atomic mass is 10.2. The van der Waals surface area contributed by atoms with Gasteiger partial charge in [-0.1, -0.05) is 12.1 Å². The quantitative estimate of drug-likeness (QED) is 0.690. The van der Waals surface area contributed by atoms with Crippen LogP contribution in [0.3, 0.4) is 0 Å². The van der Waals surface area contributed by atoms with Crippen LogP contribution in [0.2, 0.25) is 0 Å². The molecule has 0 bridgehead atoms. The predicted molar refractivity (Wildman–Crippen MR) is 70.7 cm³/mol. The van der Waals surface area contributed by atoms with Gasteiger partial charge in [0.1, 0.15) is 5.82 Å². The Bertz CT molecular complexity index is 801. The number of fused-ring (bicyclic) bond motifs is 1. The van der Waals surface area contributed by atoms with Crippen LogP contribution in [0.4, 0.5) is 30.6 Å². The van der Waals surface area contributed by atoms with Crippen LogP contribution in [0.5, 0.6) is 0 Å². The molecule has 0 atom stereocenters. The molecule has 3 rings (SSSR count). The molecule has 0 fully saturated rings. The molecule has 6 nitrogen and oxygen atoms in total. The van der Waals surface area contributed by atoms with Crippen LogP contribution in [0.25, 0.3) is 11.0 Å². The average Bonchev–Trinajstić information content (AvgIpc) is 2.82. The van der Waals surface area contributed by atoms with Gasteiger partial charge < -0.3 is 11.1 Å². The number of aromatic nitrogens is 4. The molecule has 0 saturated carbocycles. The van der Waals surface area contributed by atoms with Crippen molar-refractivity contribution in [1.29, 1.82) is 0 Å². The van der Waals surface area contributed by atoms with Gasteiger partial charge in [0.15, 0.2) is 11.5 Å². The van der Waals surface area contributed by atoms with E-state index in [0.29, 0.717) is 11.2 Å². The standard InChI is InChI=1S/C12H9F3N6/c13-8-5(9(14)15)2-1-3-7(8)18-12-17-4-6-10(16)20-21-11(6)19-12/h1-4,9H,(H4,16,17,18,19,20,21). The van der Waals surface area contributed by atoms with E-state index in [-0.39, 0.29) is 17.3 Å². The highest BCUT2D eigenvalue weighted by molar-refractivity contribution is 5.85. The second-order valence-electron chi connectivity index (χ2n) is 4.20. The van der Waals surface area contributed by atoms with E-state index < -0.39 is 17.8 Å². The number of benzene rings is 1. The van der Waals surface area contributed by atoms with Crippen molar-refractivity contribution in [1.82, 2.24) is 20.2 Å². The molecule has 1 aromatic carbocycles. The van der Waals surface area contributed by atoms with E-state index in [2.05, 4.69) is 25.5 Å². The van der Waals surface area contributed by atoms with Crippen LogP contribution in [0.15, 0.2) is 24.4 Å². The molecule has 0 aliphatic heterocycles. The topological polar surface area (TPSA) is 92.5 Å². The van der Waals surface area contributed by atoms with E-state index in [9.17, 15) is 13.2 Å². The molecule has 0 saturated heterocycles. The van der Waals surface area contributed by atoms with Gasteiger partial charge in [-0.25, -0.2) is 18.2 Å². The first kappa shape index (κ1) is 13.2. The van der Waals surface area contributed by atoms with E-state index in [4.69, 9.17) is 5.73 Å². The number of nitrogens with zero attached hydrogens (tertiary/aromatic N) is 3. The molecule has 0 aliphatic carbocycles. The molecule has 0 spiro atoms. The SMILES string of the molecule is Nc1[nH]nc2nc(Nc3cccc(C(F)F)c3F)ncc12. The molecule has 2 heterocycles. The number of anilines is 3. The van der Waals surface area contributed by atoms with Gasteiger partial charge in [0.25, 0.3) is 6.43 Å². The van der Waals surface area contributed by atoms with Crippen LogP contribution >= 0.6 is 0 Å². The molecule has 4 N–H and O–H groups in total. The number of rotatable bonds is 3. The van der Waals surface area contributed by atoms with E-state index in [1.807, 2.05) is 0 Å². The van der Waals surface area contributed by atoms with Gasteiger partial charge in [0.05, 0.1) is 16.6 Å². The minimum absolute atomic E-state index is 0.0271. The van der Waals surface area contributed by atoms with Crippen molar-refractivity contribution < 1.29 is 13.2 Å². The summed E-state index contributed by atoms with van der Waals surface area (Å²) in [4.78, 5) is 7.94. The maximum absolute atomic E-state index is 13.9. The maximum Gasteiger partial charge on any atom is 0.266 e. The summed E-state index contributed by atoms with van der Waals surface area (Å²) in [6.07, 6.45) is -1.50. The van der Waals surface area contributed by atoms with Gasteiger partial charge in [-0.15, -0.1) is 0 Å². The van der Waals surface area contributed by atoms with Crippen molar-refractivity contribution >= 4 is 28.5 Å². The highest BCUT2D eigenvalue weighted by atomic mass is 19.3. The molecule has 3 aromatic rings. The Morgan fingerprint density at radius 2 is 2.10 bits per heavy atom. The monoisotopic (exact) mass is 294 g/mol. The fourth-order valence-electron chi connectivity index (χ4n) is 1.82. The van der Waals surface area contributed by atoms with Crippen molar-refractivity contribution in [3.63, 3.8) is 0 Å². The average molecular weight is 294 g/mol. The highest BCUT2D eigenvalue weighted by Gasteiger charge is 2.17. The first-order valence-corrected chi connectivity index (χ1v) is 5.86.